The molecule has 0 bridgehead atoms. The van der Waals surface area contributed by atoms with Gasteiger partial charge in [-0.15, -0.1) is 0 Å². The lowest BCUT2D eigenvalue weighted by atomic mass is 10.1. The van der Waals surface area contributed by atoms with E-state index < -0.39 is 24.9 Å². The number of anilines is 1. The predicted octanol–water partition coefficient (Wildman–Crippen LogP) is 1.60. The normalized spacial score (nSPS) is 21.7. The van der Waals surface area contributed by atoms with Gasteiger partial charge in [0.2, 0.25) is 5.91 Å². The molecular weight excluding hydrogens is 301 g/mol. The van der Waals surface area contributed by atoms with Crippen LogP contribution in [-0.4, -0.2) is 42.5 Å². The minimum absolute atomic E-state index is 0.0644. The summed E-state index contributed by atoms with van der Waals surface area (Å²) in [5.41, 5.74) is 0.798. The molecule has 1 saturated heterocycles. The van der Waals surface area contributed by atoms with Crippen molar-refractivity contribution in [2.45, 2.75) is 31.7 Å². The molecule has 1 fully saturated rings. The summed E-state index contributed by atoms with van der Waals surface area (Å²) < 4.78 is 41.3. The third-order valence-electron chi connectivity index (χ3n) is 3.36. The molecule has 22 heavy (non-hydrogen) atoms. The molecule has 1 amide bonds. The van der Waals surface area contributed by atoms with Gasteiger partial charge in [0, 0.05) is 17.8 Å². The van der Waals surface area contributed by atoms with Gasteiger partial charge in [-0.25, -0.2) is 0 Å². The lowest BCUT2D eigenvalue weighted by Gasteiger charge is -2.16. The van der Waals surface area contributed by atoms with Crippen molar-refractivity contribution in [3.8, 4) is 5.75 Å². The second kappa shape index (κ2) is 6.53. The van der Waals surface area contributed by atoms with Gasteiger partial charge in [0.05, 0.1) is 12.1 Å². The zero-order chi connectivity index (χ0) is 16.3. The summed E-state index contributed by atoms with van der Waals surface area (Å²) in [5.74, 6) is -0.276. The topological polar surface area (TPSA) is 70.6 Å². The lowest BCUT2D eigenvalue weighted by molar-refractivity contribution is -0.153. The Bertz CT molecular complexity index is 549. The Morgan fingerprint density at radius 3 is 2.82 bits per heavy atom. The number of alkyl halides is 3. The largest absolute Gasteiger partial charge is 0.484 e. The average Bonchev–Trinajstić information content (AvgIpc) is 2.85. The molecule has 122 valence electrons. The number of amides is 1. The van der Waals surface area contributed by atoms with Crippen LogP contribution in [0.5, 0.6) is 5.75 Å². The van der Waals surface area contributed by atoms with Gasteiger partial charge in [0.1, 0.15) is 5.75 Å². The highest BCUT2D eigenvalue weighted by molar-refractivity contribution is 5.96. The quantitative estimate of drug-likeness (QED) is 0.789. The third-order valence-corrected chi connectivity index (χ3v) is 3.36. The number of ether oxygens (including phenoxy) is 1. The molecule has 2 rings (SSSR count). The van der Waals surface area contributed by atoms with E-state index in [1.165, 1.54) is 12.1 Å². The second-order valence-electron chi connectivity index (χ2n) is 5.17. The maximum absolute atomic E-state index is 12.2. The molecule has 1 aromatic rings. The first kappa shape index (κ1) is 16.6. The van der Waals surface area contributed by atoms with Crippen LogP contribution in [0.1, 0.15) is 12.0 Å². The summed E-state index contributed by atoms with van der Waals surface area (Å²) in [5, 5.41) is 14.9. The molecule has 0 spiro atoms. The van der Waals surface area contributed by atoms with Crippen LogP contribution in [0.25, 0.3) is 0 Å². The van der Waals surface area contributed by atoms with Crippen LogP contribution in [-0.2, 0) is 4.79 Å². The summed E-state index contributed by atoms with van der Waals surface area (Å²) in [6.07, 6.45) is -4.69. The molecule has 1 aromatic carbocycles. The van der Waals surface area contributed by atoms with Crippen LogP contribution in [0.4, 0.5) is 18.9 Å². The summed E-state index contributed by atoms with van der Waals surface area (Å²) in [6, 6.07) is 3.98. The maximum Gasteiger partial charge on any atom is 0.422 e. The SMILES string of the molecule is Cc1c(NC(=O)C2CC(O)CN2)cccc1OCC(F)(F)F. The number of nitrogens with one attached hydrogen (secondary N) is 2. The van der Waals surface area contributed by atoms with E-state index in [4.69, 9.17) is 4.74 Å². The van der Waals surface area contributed by atoms with Gasteiger partial charge in [-0.3, -0.25) is 4.79 Å². The summed E-state index contributed by atoms with van der Waals surface area (Å²) in [4.78, 5) is 12.0. The van der Waals surface area contributed by atoms with Gasteiger partial charge < -0.3 is 20.5 Å². The Morgan fingerprint density at radius 2 is 2.23 bits per heavy atom. The molecule has 1 aliphatic rings. The van der Waals surface area contributed by atoms with Crippen molar-refractivity contribution in [1.29, 1.82) is 0 Å². The molecule has 1 aliphatic heterocycles. The van der Waals surface area contributed by atoms with E-state index in [1.807, 2.05) is 0 Å². The van der Waals surface area contributed by atoms with E-state index in [1.54, 1.807) is 13.0 Å². The fourth-order valence-corrected chi connectivity index (χ4v) is 2.20. The van der Waals surface area contributed by atoms with Gasteiger partial charge in [-0.05, 0) is 25.5 Å². The summed E-state index contributed by atoms with van der Waals surface area (Å²) in [6.45, 7) is 0.520. The molecule has 0 aliphatic carbocycles. The van der Waals surface area contributed by atoms with Crippen molar-refractivity contribution in [3.63, 3.8) is 0 Å². The number of aliphatic hydroxyl groups excluding tert-OH is 1. The summed E-state index contributed by atoms with van der Waals surface area (Å²) in [7, 11) is 0. The van der Waals surface area contributed by atoms with E-state index in [0.29, 0.717) is 24.2 Å². The van der Waals surface area contributed by atoms with Gasteiger partial charge >= 0.3 is 6.18 Å². The smallest absolute Gasteiger partial charge is 0.422 e. The second-order valence-corrected chi connectivity index (χ2v) is 5.17. The highest BCUT2D eigenvalue weighted by Crippen LogP contribution is 2.27. The van der Waals surface area contributed by atoms with Crippen molar-refractivity contribution in [2.24, 2.45) is 0 Å². The molecule has 0 aromatic heterocycles. The number of carbonyl (C=O) groups excluding carboxylic acids is 1. The minimum Gasteiger partial charge on any atom is -0.484 e. The monoisotopic (exact) mass is 318 g/mol. The van der Waals surface area contributed by atoms with E-state index in [-0.39, 0.29) is 11.7 Å². The zero-order valence-corrected chi connectivity index (χ0v) is 11.9. The molecular formula is C14H17F3N2O3. The maximum atomic E-state index is 12.2. The van der Waals surface area contributed by atoms with E-state index in [9.17, 15) is 23.1 Å². The number of hydrogen-bond acceptors (Lipinski definition) is 4. The Morgan fingerprint density at radius 1 is 1.50 bits per heavy atom. The van der Waals surface area contributed by atoms with Crippen LogP contribution in [0, 0.1) is 6.92 Å². The Hall–Kier alpha value is -1.80. The molecule has 2 unspecified atom stereocenters. The van der Waals surface area contributed by atoms with E-state index in [2.05, 4.69) is 10.6 Å². The molecule has 0 saturated carbocycles. The fraction of sp³-hybridized carbons (Fsp3) is 0.500. The molecule has 8 heteroatoms. The Labute approximate surface area is 125 Å². The van der Waals surface area contributed by atoms with Gasteiger partial charge in [-0.2, -0.15) is 13.2 Å². The Balaban J connectivity index is 2.03. The van der Waals surface area contributed by atoms with Crippen molar-refractivity contribution < 1.29 is 27.8 Å². The molecule has 5 nitrogen and oxygen atoms in total. The molecule has 2 atom stereocenters. The summed E-state index contributed by atoms with van der Waals surface area (Å²) >= 11 is 0. The van der Waals surface area contributed by atoms with Crippen molar-refractivity contribution in [2.75, 3.05) is 18.5 Å². The first-order valence-corrected chi connectivity index (χ1v) is 6.78. The molecule has 0 radical (unpaired) electrons. The van der Waals surface area contributed by atoms with E-state index in [0.717, 1.165) is 0 Å². The number of β-amino-alcohol motifs (C(OH)–C–C–N with tert-alkyl or cyclic N) is 1. The number of rotatable bonds is 4. The van der Waals surface area contributed by atoms with Crippen LogP contribution in [0.15, 0.2) is 18.2 Å². The van der Waals surface area contributed by atoms with Crippen molar-refractivity contribution >= 4 is 11.6 Å². The molecule has 1 heterocycles. The first-order valence-electron chi connectivity index (χ1n) is 6.78. The Kier molecular flexibility index (Phi) is 4.92. The number of hydrogen-bond donors (Lipinski definition) is 3. The number of halogens is 3. The van der Waals surface area contributed by atoms with E-state index >= 15 is 0 Å². The standard InChI is InChI=1S/C14H17F3N2O3/c1-8-10(19-13(21)11-5-9(20)6-18-11)3-2-4-12(8)22-7-14(15,16)17/h2-4,9,11,18,20H,5-7H2,1H3,(H,19,21). The highest BCUT2D eigenvalue weighted by Gasteiger charge is 2.30. The van der Waals surface area contributed by atoms with Crippen LogP contribution < -0.4 is 15.4 Å². The van der Waals surface area contributed by atoms with Crippen molar-refractivity contribution in [3.05, 3.63) is 23.8 Å². The number of carbonyl (C=O) groups is 1. The molecule has 3 N–H and O–H groups in total. The van der Waals surface area contributed by atoms with Crippen molar-refractivity contribution in [1.82, 2.24) is 5.32 Å². The van der Waals surface area contributed by atoms with Crippen LogP contribution >= 0.6 is 0 Å². The number of aliphatic hydroxyl groups is 1. The zero-order valence-electron chi connectivity index (χ0n) is 11.9. The van der Waals surface area contributed by atoms with Crippen LogP contribution in [0.2, 0.25) is 0 Å². The van der Waals surface area contributed by atoms with Crippen LogP contribution in [0.3, 0.4) is 0 Å². The highest BCUT2D eigenvalue weighted by atomic mass is 19.4. The minimum atomic E-state index is -4.42. The van der Waals surface area contributed by atoms with Gasteiger partial charge in [0.25, 0.3) is 0 Å². The van der Waals surface area contributed by atoms with Gasteiger partial charge in [0.15, 0.2) is 6.61 Å². The first-order chi connectivity index (χ1) is 10.3. The lowest BCUT2D eigenvalue weighted by Crippen LogP contribution is -2.35. The van der Waals surface area contributed by atoms with Gasteiger partial charge in [-0.1, -0.05) is 6.07 Å². The number of benzene rings is 1. The average molecular weight is 318 g/mol. The predicted molar refractivity (Wildman–Crippen MR) is 73.8 cm³/mol. The fourth-order valence-electron chi connectivity index (χ4n) is 2.20. The third kappa shape index (κ3) is 4.35.